The van der Waals surface area contributed by atoms with Gasteiger partial charge in [-0.15, -0.1) is 11.3 Å². The molecule has 0 unspecified atom stereocenters. The molecule has 1 aromatic heterocycles. The van der Waals surface area contributed by atoms with Gasteiger partial charge in [0.15, 0.2) is 0 Å². The van der Waals surface area contributed by atoms with Crippen LogP contribution in [0.4, 0.5) is 4.79 Å². The van der Waals surface area contributed by atoms with Gasteiger partial charge in [0, 0.05) is 12.4 Å². The molecule has 0 aliphatic rings. The number of aromatic nitrogens is 1. The molecular weight excluding hydrogens is 266 g/mol. The first-order valence-electron chi connectivity index (χ1n) is 5.96. The second-order valence-corrected chi connectivity index (χ2v) is 5.79. The highest BCUT2D eigenvalue weighted by Gasteiger charge is 2.24. The summed E-state index contributed by atoms with van der Waals surface area (Å²) in [4.78, 5) is 28.6. The van der Waals surface area contributed by atoms with Crippen molar-refractivity contribution in [3.63, 3.8) is 0 Å². The zero-order valence-corrected chi connectivity index (χ0v) is 12.3. The maximum Gasteiger partial charge on any atom is 0.326 e. The van der Waals surface area contributed by atoms with Crippen LogP contribution in [0.2, 0.25) is 0 Å². The van der Waals surface area contributed by atoms with Crippen molar-refractivity contribution < 1.29 is 14.7 Å². The molecule has 1 rings (SSSR count). The van der Waals surface area contributed by atoms with Gasteiger partial charge in [0.1, 0.15) is 6.04 Å². The third-order valence-corrected chi connectivity index (χ3v) is 3.45. The van der Waals surface area contributed by atoms with Crippen molar-refractivity contribution in [1.29, 1.82) is 0 Å². The largest absolute Gasteiger partial charge is 0.480 e. The van der Waals surface area contributed by atoms with Gasteiger partial charge in [0.25, 0.3) is 0 Å². The molecule has 0 saturated carbocycles. The van der Waals surface area contributed by atoms with Gasteiger partial charge in [-0.25, -0.2) is 14.6 Å². The van der Waals surface area contributed by atoms with Gasteiger partial charge >= 0.3 is 12.0 Å². The number of rotatable bonds is 5. The first kappa shape index (κ1) is 15.4. The SMILES string of the molecule is Cc1nc(CN(C)C(=O)N[C@@H](C(=O)O)C(C)C)cs1. The maximum atomic E-state index is 11.9. The Hall–Kier alpha value is -1.63. The molecule has 0 bridgehead atoms. The molecular formula is C12H19N3O3S. The van der Waals surface area contributed by atoms with Crippen LogP contribution in [0.5, 0.6) is 0 Å². The van der Waals surface area contributed by atoms with Crippen LogP contribution in [-0.4, -0.2) is 40.1 Å². The summed E-state index contributed by atoms with van der Waals surface area (Å²) in [5.74, 6) is -1.20. The van der Waals surface area contributed by atoms with Gasteiger partial charge in [-0.05, 0) is 12.8 Å². The predicted octanol–water partition coefficient (Wildman–Crippen LogP) is 1.70. The maximum absolute atomic E-state index is 11.9. The fraction of sp³-hybridized carbons (Fsp3) is 0.583. The Labute approximate surface area is 116 Å². The minimum absolute atomic E-state index is 0.170. The molecule has 0 fully saturated rings. The lowest BCUT2D eigenvalue weighted by atomic mass is 10.1. The van der Waals surface area contributed by atoms with Gasteiger partial charge in [-0.1, -0.05) is 13.8 Å². The van der Waals surface area contributed by atoms with Crippen LogP contribution >= 0.6 is 11.3 Å². The molecule has 19 heavy (non-hydrogen) atoms. The molecule has 2 N–H and O–H groups in total. The van der Waals surface area contributed by atoms with Crippen LogP contribution in [0.25, 0.3) is 0 Å². The number of nitrogens with zero attached hydrogens (tertiary/aromatic N) is 2. The van der Waals surface area contributed by atoms with Gasteiger partial charge < -0.3 is 15.3 Å². The normalized spacial score (nSPS) is 12.3. The van der Waals surface area contributed by atoms with Crippen LogP contribution in [-0.2, 0) is 11.3 Å². The number of aliphatic carboxylic acids is 1. The highest BCUT2D eigenvalue weighted by Crippen LogP contribution is 2.10. The van der Waals surface area contributed by atoms with Crippen LogP contribution in [0.15, 0.2) is 5.38 Å². The summed E-state index contributed by atoms with van der Waals surface area (Å²) in [7, 11) is 1.61. The molecule has 0 aliphatic heterocycles. The Morgan fingerprint density at radius 2 is 2.16 bits per heavy atom. The van der Waals surface area contributed by atoms with Crippen molar-refractivity contribution in [2.75, 3.05) is 7.05 Å². The number of amides is 2. The number of hydrogen-bond acceptors (Lipinski definition) is 4. The van der Waals surface area contributed by atoms with Gasteiger partial charge in [0.2, 0.25) is 0 Å². The molecule has 1 heterocycles. The number of carboxylic acids is 1. The zero-order valence-electron chi connectivity index (χ0n) is 11.5. The molecule has 6 nitrogen and oxygen atoms in total. The van der Waals surface area contributed by atoms with E-state index in [4.69, 9.17) is 5.11 Å². The van der Waals surface area contributed by atoms with Crippen LogP contribution in [0.1, 0.15) is 24.5 Å². The van der Waals surface area contributed by atoms with Crippen molar-refractivity contribution in [2.24, 2.45) is 5.92 Å². The Kier molecular flexibility index (Phi) is 5.29. The second-order valence-electron chi connectivity index (χ2n) is 4.72. The lowest BCUT2D eigenvalue weighted by molar-refractivity contribution is -0.140. The third-order valence-electron chi connectivity index (χ3n) is 2.62. The van der Waals surface area contributed by atoms with E-state index in [-0.39, 0.29) is 5.92 Å². The molecule has 0 aliphatic carbocycles. The molecule has 0 aromatic carbocycles. The Balaban J connectivity index is 2.59. The lowest BCUT2D eigenvalue weighted by Crippen LogP contribution is -2.48. The summed E-state index contributed by atoms with van der Waals surface area (Å²) >= 11 is 1.52. The van der Waals surface area contributed by atoms with Crippen molar-refractivity contribution in [2.45, 2.75) is 33.4 Å². The number of urea groups is 1. The summed E-state index contributed by atoms with van der Waals surface area (Å²) < 4.78 is 0. The first-order valence-corrected chi connectivity index (χ1v) is 6.84. The van der Waals surface area contributed by atoms with E-state index in [2.05, 4.69) is 10.3 Å². The quantitative estimate of drug-likeness (QED) is 0.862. The Morgan fingerprint density at radius 1 is 1.53 bits per heavy atom. The van der Waals surface area contributed by atoms with Crippen LogP contribution in [0, 0.1) is 12.8 Å². The van der Waals surface area contributed by atoms with E-state index in [0.717, 1.165) is 10.7 Å². The van der Waals surface area contributed by atoms with E-state index in [1.165, 1.54) is 16.2 Å². The number of carbonyl (C=O) groups is 2. The summed E-state index contributed by atoms with van der Waals surface area (Å²) in [5, 5.41) is 14.4. The van der Waals surface area contributed by atoms with Crippen molar-refractivity contribution >= 4 is 23.3 Å². The van der Waals surface area contributed by atoms with Crippen LogP contribution in [0.3, 0.4) is 0 Å². The Bertz CT molecular complexity index is 459. The lowest BCUT2D eigenvalue weighted by Gasteiger charge is -2.22. The van der Waals surface area contributed by atoms with E-state index < -0.39 is 18.0 Å². The number of thiazole rings is 1. The second kappa shape index (κ2) is 6.51. The average molecular weight is 285 g/mol. The average Bonchev–Trinajstić information content (AvgIpc) is 2.70. The van der Waals surface area contributed by atoms with E-state index in [9.17, 15) is 9.59 Å². The van der Waals surface area contributed by atoms with Gasteiger partial charge in [-0.2, -0.15) is 0 Å². The van der Waals surface area contributed by atoms with Gasteiger partial charge in [-0.3, -0.25) is 0 Å². The van der Waals surface area contributed by atoms with Crippen LogP contribution < -0.4 is 5.32 Å². The molecule has 0 saturated heterocycles. The van der Waals surface area contributed by atoms with E-state index in [0.29, 0.717) is 6.54 Å². The van der Waals surface area contributed by atoms with E-state index in [1.54, 1.807) is 20.9 Å². The molecule has 7 heteroatoms. The number of carboxylic acid groups (broad SMARTS) is 1. The minimum atomic E-state index is -1.03. The smallest absolute Gasteiger partial charge is 0.326 e. The van der Waals surface area contributed by atoms with Crippen molar-refractivity contribution in [3.8, 4) is 0 Å². The summed E-state index contributed by atoms with van der Waals surface area (Å²) in [6.07, 6.45) is 0. The molecule has 0 radical (unpaired) electrons. The van der Waals surface area contributed by atoms with E-state index >= 15 is 0 Å². The third kappa shape index (κ3) is 4.51. The first-order chi connectivity index (χ1) is 8.81. The Morgan fingerprint density at radius 3 is 2.58 bits per heavy atom. The molecule has 1 atom stereocenters. The number of carbonyl (C=O) groups excluding carboxylic acids is 1. The number of hydrogen-bond donors (Lipinski definition) is 2. The molecule has 0 spiro atoms. The minimum Gasteiger partial charge on any atom is -0.480 e. The highest BCUT2D eigenvalue weighted by molar-refractivity contribution is 7.09. The number of nitrogens with one attached hydrogen (secondary N) is 1. The highest BCUT2D eigenvalue weighted by atomic mass is 32.1. The summed E-state index contributed by atoms with van der Waals surface area (Å²) in [6.45, 7) is 5.76. The van der Waals surface area contributed by atoms with Gasteiger partial charge in [0.05, 0.1) is 17.2 Å². The van der Waals surface area contributed by atoms with E-state index in [1.807, 2.05) is 12.3 Å². The van der Waals surface area contributed by atoms with Crippen molar-refractivity contribution in [3.05, 3.63) is 16.1 Å². The zero-order chi connectivity index (χ0) is 14.6. The summed E-state index contributed by atoms with van der Waals surface area (Å²) in [5.41, 5.74) is 0.802. The fourth-order valence-corrected chi connectivity index (χ4v) is 2.16. The number of aryl methyl sites for hydroxylation is 1. The summed E-state index contributed by atoms with van der Waals surface area (Å²) in [6, 6.07) is -1.29. The molecule has 1 aromatic rings. The van der Waals surface area contributed by atoms with Crippen molar-refractivity contribution in [1.82, 2.24) is 15.2 Å². The predicted molar refractivity (Wildman–Crippen MR) is 73.1 cm³/mol. The topological polar surface area (TPSA) is 82.5 Å². The monoisotopic (exact) mass is 285 g/mol. The molecule has 2 amide bonds. The molecule has 106 valence electrons. The standard InChI is InChI=1S/C12H19N3O3S/c1-7(2)10(11(16)17)14-12(18)15(4)5-9-6-19-8(3)13-9/h6-7,10H,5H2,1-4H3,(H,14,18)(H,16,17)/t10-/m1/s1. The fourth-order valence-electron chi connectivity index (χ4n) is 1.55.